The molecule has 0 aromatic rings. The minimum absolute atomic E-state index is 0.179. The molecule has 0 aromatic carbocycles. The molecule has 1 heterocycles. The quantitative estimate of drug-likeness (QED) is 0.0481. The average Bonchev–Trinajstić information content (AvgIpc) is 3.40. The largest absolute Gasteiger partial charge is 0.463 e. The highest BCUT2D eigenvalue weighted by Crippen LogP contribution is 2.29. The van der Waals surface area contributed by atoms with Crippen LogP contribution in [-0.2, 0) is 28.5 Å². The second-order valence-electron chi connectivity index (χ2n) is 14.6. The average molecular weight is 684 g/mol. The van der Waals surface area contributed by atoms with Gasteiger partial charge in [-0.3, -0.25) is 4.79 Å². The number of ether oxygens (including phenoxy) is 5. The van der Waals surface area contributed by atoms with Crippen LogP contribution in [0.5, 0.6) is 0 Å². The van der Waals surface area contributed by atoms with Gasteiger partial charge in [-0.25, -0.2) is 0 Å². The molecule has 0 amide bonds. The van der Waals surface area contributed by atoms with Gasteiger partial charge < -0.3 is 28.6 Å². The molecule has 0 saturated carbocycles. The molecule has 1 fully saturated rings. The first-order chi connectivity index (χ1) is 23.5. The second-order valence-corrected chi connectivity index (χ2v) is 14.6. The van der Waals surface area contributed by atoms with E-state index in [2.05, 4.69) is 25.7 Å². The molecule has 0 aliphatic carbocycles. The molecule has 7 nitrogen and oxygen atoms in total. The van der Waals surface area contributed by atoms with E-state index in [0.717, 1.165) is 32.2 Å². The predicted molar refractivity (Wildman–Crippen MR) is 201 cm³/mol. The molecule has 0 unspecified atom stereocenters. The SMILES string of the molecule is CCCCCCCCCCO[C@@H]1O[C@H](COC(=O)CCCN(C)C)[C@H](OCCCCCCCCCC)[C@@H]1OCCCCCCCCCC. The van der Waals surface area contributed by atoms with Crippen LogP contribution in [0.1, 0.15) is 188 Å². The highest BCUT2D eigenvalue weighted by molar-refractivity contribution is 5.69. The summed E-state index contributed by atoms with van der Waals surface area (Å²) >= 11 is 0. The third-order valence-electron chi connectivity index (χ3n) is 9.56. The smallest absolute Gasteiger partial charge is 0.305 e. The van der Waals surface area contributed by atoms with E-state index in [-0.39, 0.29) is 30.9 Å². The van der Waals surface area contributed by atoms with E-state index < -0.39 is 6.29 Å². The van der Waals surface area contributed by atoms with Gasteiger partial charge in [0, 0.05) is 26.2 Å². The first kappa shape index (κ1) is 45.3. The maximum Gasteiger partial charge on any atom is 0.305 e. The number of carbonyl (C=O) groups is 1. The molecule has 0 N–H and O–H groups in total. The van der Waals surface area contributed by atoms with Gasteiger partial charge in [-0.05, 0) is 46.3 Å². The van der Waals surface area contributed by atoms with Gasteiger partial charge in [0.05, 0.1) is 0 Å². The predicted octanol–water partition coefficient (Wildman–Crippen LogP) is 10.8. The fraction of sp³-hybridized carbons (Fsp3) is 0.976. The lowest BCUT2D eigenvalue weighted by molar-refractivity contribution is -0.184. The van der Waals surface area contributed by atoms with Crippen LogP contribution in [0.3, 0.4) is 0 Å². The maximum absolute atomic E-state index is 12.6. The summed E-state index contributed by atoms with van der Waals surface area (Å²) in [6.07, 6.45) is 30.0. The monoisotopic (exact) mass is 684 g/mol. The van der Waals surface area contributed by atoms with Gasteiger partial charge in [0.15, 0.2) is 6.29 Å². The van der Waals surface area contributed by atoms with Crippen molar-refractivity contribution in [2.24, 2.45) is 0 Å². The van der Waals surface area contributed by atoms with Crippen molar-refractivity contribution in [3.63, 3.8) is 0 Å². The summed E-state index contributed by atoms with van der Waals surface area (Å²) in [5.41, 5.74) is 0. The zero-order chi connectivity index (χ0) is 34.9. The summed E-state index contributed by atoms with van der Waals surface area (Å²) in [7, 11) is 4.04. The first-order valence-electron chi connectivity index (χ1n) is 20.8. The topological polar surface area (TPSA) is 66.5 Å². The van der Waals surface area contributed by atoms with Crippen molar-refractivity contribution in [3.8, 4) is 0 Å². The van der Waals surface area contributed by atoms with Crippen molar-refractivity contribution in [3.05, 3.63) is 0 Å². The van der Waals surface area contributed by atoms with Crippen molar-refractivity contribution in [1.82, 2.24) is 4.90 Å². The normalized spacial score (nSPS) is 19.5. The lowest BCUT2D eigenvalue weighted by atomic mass is 10.1. The van der Waals surface area contributed by atoms with Crippen LogP contribution >= 0.6 is 0 Å². The molecule has 48 heavy (non-hydrogen) atoms. The van der Waals surface area contributed by atoms with E-state index in [4.69, 9.17) is 23.7 Å². The number of rotatable bonds is 36. The fourth-order valence-electron chi connectivity index (χ4n) is 6.47. The molecule has 0 spiro atoms. The third kappa shape index (κ3) is 25.3. The summed E-state index contributed by atoms with van der Waals surface area (Å²) in [5, 5.41) is 0. The first-order valence-corrected chi connectivity index (χ1v) is 20.8. The van der Waals surface area contributed by atoms with Crippen LogP contribution in [0.15, 0.2) is 0 Å². The van der Waals surface area contributed by atoms with Crippen LogP contribution in [0, 0.1) is 0 Å². The number of nitrogens with zero attached hydrogens (tertiary/aromatic N) is 1. The van der Waals surface area contributed by atoms with Crippen molar-refractivity contribution in [2.75, 3.05) is 47.1 Å². The zero-order valence-electron chi connectivity index (χ0n) is 32.6. The summed E-state index contributed by atoms with van der Waals surface area (Å²) in [4.78, 5) is 14.7. The highest BCUT2D eigenvalue weighted by Gasteiger charge is 2.47. The van der Waals surface area contributed by atoms with Gasteiger partial charge in [-0.2, -0.15) is 0 Å². The van der Waals surface area contributed by atoms with Crippen LogP contribution in [0.25, 0.3) is 0 Å². The lowest BCUT2D eigenvalue weighted by Crippen LogP contribution is -2.40. The van der Waals surface area contributed by atoms with Crippen molar-refractivity contribution in [1.29, 1.82) is 0 Å². The van der Waals surface area contributed by atoms with Gasteiger partial charge >= 0.3 is 5.97 Å². The standard InChI is InChI=1S/C41H81NO6/c1-6-9-12-15-18-21-24-27-33-44-39-37(36-47-38(43)31-30-32-42(4)5)48-41(46-35-29-26-23-20-17-14-11-8-3)40(39)45-34-28-25-22-19-16-13-10-7-2/h37,39-41H,6-36H2,1-5H3/t37-,39+,40+,41-/m1/s1. The number of hydrogen-bond acceptors (Lipinski definition) is 7. The van der Waals surface area contributed by atoms with Gasteiger partial charge in [0.2, 0.25) is 0 Å². The van der Waals surface area contributed by atoms with E-state index >= 15 is 0 Å². The molecule has 0 aromatic heterocycles. The molecule has 286 valence electrons. The molecule has 0 bridgehead atoms. The Balaban J connectivity index is 2.72. The van der Waals surface area contributed by atoms with E-state index in [0.29, 0.717) is 26.2 Å². The molecule has 0 radical (unpaired) electrons. The Kier molecular flexibility index (Phi) is 31.5. The summed E-state index contributed by atoms with van der Waals surface area (Å²) < 4.78 is 31.7. The Labute approximate surface area is 298 Å². The minimum Gasteiger partial charge on any atom is -0.463 e. The third-order valence-corrected chi connectivity index (χ3v) is 9.56. The zero-order valence-corrected chi connectivity index (χ0v) is 32.6. The summed E-state index contributed by atoms with van der Waals surface area (Å²) in [6.45, 7) is 9.84. The van der Waals surface area contributed by atoms with Gasteiger partial charge in [-0.15, -0.1) is 0 Å². The molecular weight excluding hydrogens is 602 g/mol. The molecule has 7 heteroatoms. The molecule has 4 atom stereocenters. The van der Waals surface area contributed by atoms with E-state index in [1.165, 1.54) is 135 Å². The van der Waals surface area contributed by atoms with Gasteiger partial charge in [0.1, 0.15) is 24.9 Å². The lowest BCUT2D eigenvalue weighted by Gasteiger charge is -2.25. The number of esters is 1. The Morgan fingerprint density at radius 2 is 0.917 bits per heavy atom. The van der Waals surface area contributed by atoms with Crippen LogP contribution in [0.2, 0.25) is 0 Å². The Bertz CT molecular complexity index is 692. The highest BCUT2D eigenvalue weighted by atomic mass is 16.7. The molecular formula is C41H81NO6. The van der Waals surface area contributed by atoms with E-state index in [9.17, 15) is 4.79 Å². The van der Waals surface area contributed by atoms with Crippen molar-refractivity contribution < 1.29 is 28.5 Å². The van der Waals surface area contributed by atoms with Crippen molar-refractivity contribution in [2.45, 2.75) is 212 Å². The Morgan fingerprint density at radius 3 is 1.35 bits per heavy atom. The van der Waals surface area contributed by atoms with Gasteiger partial charge in [-0.1, -0.05) is 156 Å². The fourth-order valence-corrected chi connectivity index (χ4v) is 6.47. The number of carbonyl (C=O) groups excluding carboxylic acids is 1. The van der Waals surface area contributed by atoms with E-state index in [1.807, 2.05) is 14.1 Å². The minimum atomic E-state index is -0.496. The van der Waals surface area contributed by atoms with Crippen LogP contribution in [-0.4, -0.2) is 82.5 Å². The summed E-state index contributed by atoms with van der Waals surface area (Å²) in [5.74, 6) is -0.179. The van der Waals surface area contributed by atoms with Crippen molar-refractivity contribution >= 4 is 5.97 Å². The van der Waals surface area contributed by atoms with Gasteiger partial charge in [0.25, 0.3) is 0 Å². The van der Waals surface area contributed by atoms with Crippen LogP contribution < -0.4 is 0 Å². The number of hydrogen-bond donors (Lipinski definition) is 0. The molecule has 1 rings (SSSR count). The molecule has 1 saturated heterocycles. The molecule has 1 aliphatic heterocycles. The number of unbranched alkanes of at least 4 members (excludes halogenated alkanes) is 21. The Morgan fingerprint density at radius 1 is 0.521 bits per heavy atom. The summed E-state index contributed by atoms with van der Waals surface area (Å²) in [6, 6.07) is 0. The van der Waals surface area contributed by atoms with Crippen LogP contribution in [0.4, 0.5) is 0 Å². The second kappa shape index (κ2) is 33.4. The van der Waals surface area contributed by atoms with E-state index in [1.54, 1.807) is 0 Å². The molecule has 1 aliphatic rings. The Hall–Kier alpha value is -0.730. The maximum atomic E-state index is 12.6.